The molecule has 0 spiro atoms. The second-order valence-electron chi connectivity index (χ2n) is 5.10. The average Bonchev–Trinajstić information content (AvgIpc) is 2.79. The molecule has 0 amide bonds. The Morgan fingerprint density at radius 2 is 1.76 bits per heavy atom. The van der Waals surface area contributed by atoms with Gasteiger partial charge in [-0.05, 0) is 36.6 Å². The Labute approximate surface area is 123 Å². The minimum Gasteiger partial charge on any atom is -0.383 e. The lowest BCUT2D eigenvalue weighted by Gasteiger charge is -2.06. The highest BCUT2D eigenvalue weighted by Crippen LogP contribution is 2.34. The molecule has 0 fully saturated rings. The number of nitrogen functional groups attached to an aromatic ring is 1. The summed E-state index contributed by atoms with van der Waals surface area (Å²) < 4.78 is 1.66. The van der Waals surface area contributed by atoms with Gasteiger partial charge in [-0.2, -0.15) is 5.10 Å². The zero-order valence-electron chi connectivity index (χ0n) is 12.3. The van der Waals surface area contributed by atoms with Crippen LogP contribution in [-0.2, 0) is 7.05 Å². The lowest BCUT2D eigenvalue weighted by atomic mass is 10.00. The lowest BCUT2D eigenvalue weighted by molar-refractivity contribution is 0.780. The Hall–Kier alpha value is -2.69. The summed E-state index contributed by atoms with van der Waals surface area (Å²) in [4.78, 5) is 8.57. The van der Waals surface area contributed by atoms with E-state index in [1.807, 2.05) is 7.05 Å². The molecule has 0 aliphatic carbocycles. The second kappa shape index (κ2) is 5.01. The van der Waals surface area contributed by atoms with Crippen LogP contribution in [0.15, 0.2) is 36.7 Å². The molecule has 2 N–H and O–H groups in total. The van der Waals surface area contributed by atoms with Crippen LogP contribution in [0.5, 0.6) is 0 Å². The molecule has 0 aliphatic heterocycles. The number of aromatic nitrogens is 4. The molecule has 5 heteroatoms. The van der Waals surface area contributed by atoms with Crippen molar-refractivity contribution in [3.8, 4) is 22.6 Å². The van der Waals surface area contributed by atoms with Crippen LogP contribution in [0.1, 0.15) is 11.1 Å². The highest BCUT2D eigenvalue weighted by molar-refractivity contribution is 5.86. The van der Waals surface area contributed by atoms with E-state index in [9.17, 15) is 0 Å². The fraction of sp³-hybridized carbons (Fsp3) is 0.188. The summed E-state index contributed by atoms with van der Waals surface area (Å²) in [6, 6.07) is 8.05. The Bertz CT molecular complexity index is 790. The van der Waals surface area contributed by atoms with Crippen LogP contribution in [-0.4, -0.2) is 19.7 Å². The first-order valence-electron chi connectivity index (χ1n) is 6.75. The molecule has 1 aromatic carbocycles. The average molecular weight is 279 g/mol. The summed E-state index contributed by atoms with van der Waals surface area (Å²) in [6.45, 7) is 4.18. The first kappa shape index (κ1) is 13.3. The van der Waals surface area contributed by atoms with Crippen molar-refractivity contribution in [2.45, 2.75) is 13.8 Å². The summed E-state index contributed by atoms with van der Waals surface area (Å²) in [7, 11) is 1.83. The van der Waals surface area contributed by atoms with Crippen LogP contribution in [0.3, 0.4) is 0 Å². The van der Waals surface area contributed by atoms with E-state index in [-0.39, 0.29) is 0 Å². The third kappa shape index (κ3) is 2.27. The van der Waals surface area contributed by atoms with Gasteiger partial charge < -0.3 is 5.73 Å². The Balaban J connectivity index is 2.24. The van der Waals surface area contributed by atoms with Gasteiger partial charge in [0.1, 0.15) is 11.5 Å². The number of anilines is 1. The van der Waals surface area contributed by atoms with Crippen molar-refractivity contribution < 1.29 is 0 Å². The van der Waals surface area contributed by atoms with Crippen LogP contribution in [0.2, 0.25) is 0 Å². The van der Waals surface area contributed by atoms with E-state index in [0.29, 0.717) is 17.3 Å². The maximum absolute atomic E-state index is 6.21. The van der Waals surface area contributed by atoms with Crippen molar-refractivity contribution in [2.24, 2.45) is 7.05 Å². The zero-order chi connectivity index (χ0) is 15.0. The maximum atomic E-state index is 6.21. The molecule has 2 heterocycles. The Morgan fingerprint density at radius 3 is 2.43 bits per heavy atom. The summed E-state index contributed by atoms with van der Waals surface area (Å²) in [5.41, 5.74) is 11.3. The molecule has 0 unspecified atom stereocenters. The van der Waals surface area contributed by atoms with Gasteiger partial charge in [-0.25, -0.2) is 9.97 Å². The van der Waals surface area contributed by atoms with E-state index >= 15 is 0 Å². The van der Waals surface area contributed by atoms with Gasteiger partial charge in [-0.1, -0.05) is 18.2 Å². The van der Waals surface area contributed by atoms with Gasteiger partial charge in [0.15, 0.2) is 5.82 Å². The van der Waals surface area contributed by atoms with Gasteiger partial charge in [-0.15, -0.1) is 0 Å². The minimum atomic E-state index is 0.582. The number of aryl methyl sites for hydroxylation is 3. The summed E-state index contributed by atoms with van der Waals surface area (Å²) in [5.74, 6) is 1.19. The fourth-order valence-corrected chi connectivity index (χ4v) is 2.30. The smallest absolute Gasteiger partial charge is 0.180 e. The number of benzene rings is 1. The van der Waals surface area contributed by atoms with Gasteiger partial charge in [0.05, 0.1) is 5.56 Å². The van der Waals surface area contributed by atoms with Crippen molar-refractivity contribution in [1.29, 1.82) is 0 Å². The highest BCUT2D eigenvalue weighted by atomic mass is 15.3. The normalized spacial score (nSPS) is 10.8. The van der Waals surface area contributed by atoms with Gasteiger partial charge in [0, 0.05) is 19.4 Å². The van der Waals surface area contributed by atoms with E-state index < -0.39 is 0 Å². The molecule has 3 rings (SSSR count). The minimum absolute atomic E-state index is 0.582. The molecule has 5 nitrogen and oxygen atoms in total. The van der Waals surface area contributed by atoms with Gasteiger partial charge in [-0.3, -0.25) is 4.68 Å². The number of nitrogens with zero attached hydrogens (tertiary/aromatic N) is 4. The molecule has 0 saturated heterocycles. The van der Waals surface area contributed by atoms with Crippen molar-refractivity contribution in [2.75, 3.05) is 5.73 Å². The van der Waals surface area contributed by atoms with Crippen LogP contribution < -0.4 is 5.73 Å². The number of nitrogens with two attached hydrogens (primary N) is 1. The van der Waals surface area contributed by atoms with Crippen molar-refractivity contribution in [1.82, 2.24) is 19.7 Å². The van der Waals surface area contributed by atoms with Crippen molar-refractivity contribution in [3.05, 3.63) is 47.8 Å². The van der Waals surface area contributed by atoms with Gasteiger partial charge in [0.2, 0.25) is 0 Å². The van der Waals surface area contributed by atoms with E-state index in [1.54, 1.807) is 23.1 Å². The molecule has 0 saturated carbocycles. The monoisotopic (exact) mass is 279 g/mol. The largest absolute Gasteiger partial charge is 0.383 e. The van der Waals surface area contributed by atoms with Crippen molar-refractivity contribution >= 4 is 5.82 Å². The molecule has 0 radical (unpaired) electrons. The molecular weight excluding hydrogens is 262 g/mol. The molecule has 106 valence electrons. The van der Waals surface area contributed by atoms with Crippen LogP contribution in [0, 0.1) is 13.8 Å². The SMILES string of the molecule is Cc1ccc(-c2c(-c3ncccn3)nn(C)c2N)cc1C. The van der Waals surface area contributed by atoms with Gasteiger partial charge >= 0.3 is 0 Å². The van der Waals surface area contributed by atoms with E-state index in [4.69, 9.17) is 5.73 Å². The third-order valence-corrected chi connectivity index (χ3v) is 3.66. The number of hydrogen-bond donors (Lipinski definition) is 1. The van der Waals surface area contributed by atoms with Crippen LogP contribution in [0.4, 0.5) is 5.82 Å². The van der Waals surface area contributed by atoms with E-state index in [2.05, 4.69) is 47.1 Å². The standard InChI is InChI=1S/C16H17N5/c1-10-5-6-12(9-11(10)2)13-14(20-21(3)15(13)17)16-18-7-4-8-19-16/h4-9H,17H2,1-3H3. The Morgan fingerprint density at radius 1 is 1.05 bits per heavy atom. The van der Waals surface area contributed by atoms with E-state index in [1.165, 1.54) is 11.1 Å². The van der Waals surface area contributed by atoms with Crippen LogP contribution >= 0.6 is 0 Å². The summed E-state index contributed by atoms with van der Waals surface area (Å²) >= 11 is 0. The summed E-state index contributed by atoms with van der Waals surface area (Å²) in [5, 5.41) is 4.48. The third-order valence-electron chi connectivity index (χ3n) is 3.66. The predicted octanol–water partition coefficient (Wildman–Crippen LogP) is 2.74. The Kier molecular flexibility index (Phi) is 3.17. The first-order chi connectivity index (χ1) is 10.1. The lowest BCUT2D eigenvalue weighted by Crippen LogP contribution is -1.98. The first-order valence-corrected chi connectivity index (χ1v) is 6.75. The fourth-order valence-electron chi connectivity index (χ4n) is 2.30. The molecule has 3 aromatic rings. The maximum Gasteiger partial charge on any atom is 0.180 e. The van der Waals surface area contributed by atoms with E-state index in [0.717, 1.165) is 11.1 Å². The molecule has 0 bridgehead atoms. The summed E-state index contributed by atoms with van der Waals surface area (Å²) in [6.07, 6.45) is 3.41. The molecular formula is C16H17N5. The van der Waals surface area contributed by atoms with Crippen LogP contribution in [0.25, 0.3) is 22.6 Å². The predicted molar refractivity (Wildman–Crippen MR) is 83.6 cm³/mol. The molecule has 2 aromatic heterocycles. The number of rotatable bonds is 2. The van der Waals surface area contributed by atoms with Crippen molar-refractivity contribution in [3.63, 3.8) is 0 Å². The molecule has 21 heavy (non-hydrogen) atoms. The number of hydrogen-bond acceptors (Lipinski definition) is 4. The quantitative estimate of drug-likeness (QED) is 0.783. The second-order valence-corrected chi connectivity index (χ2v) is 5.10. The topological polar surface area (TPSA) is 69.6 Å². The zero-order valence-corrected chi connectivity index (χ0v) is 12.3. The van der Waals surface area contributed by atoms with Gasteiger partial charge in [0.25, 0.3) is 0 Å². The highest BCUT2D eigenvalue weighted by Gasteiger charge is 2.19. The molecule has 0 atom stereocenters. The molecule has 0 aliphatic rings.